The van der Waals surface area contributed by atoms with Gasteiger partial charge in [-0.1, -0.05) is 0 Å². The molecule has 1 rings (SSSR count). The molecule has 0 aliphatic carbocycles. The van der Waals surface area contributed by atoms with Crippen molar-refractivity contribution < 1.29 is 17.9 Å². The molecule has 0 aromatic carbocycles. The number of nitrogens with two attached hydrogens (primary N) is 1. The molecule has 0 bridgehead atoms. The molecule has 1 fully saturated rings. The van der Waals surface area contributed by atoms with Crippen molar-refractivity contribution in [3.8, 4) is 0 Å². The lowest BCUT2D eigenvalue weighted by atomic mass is 10.2. The van der Waals surface area contributed by atoms with E-state index in [-0.39, 0.29) is 24.1 Å². The van der Waals surface area contributed by atoms with Crippen LogP contribution in [0.4, 0.5) is 0 Å². The second kappa shape index (κ2) is 11.5. The van der Waals surface area contributed by atoms with Crippen molar-refractivity contribution in [1.29, 1.82) is 0 Å². The maximum atomic E-state index is 12.2. The minimum atomic E-state index is -3.26. The lowest BCUT2D eigenvalue weighted by molar-refractivity contribution is -0.133. The van der Waals surface area contributed by atoms with Crippen molar-refractivity contribution in [1.82, 2.24) is 9.21 Å². The standard InChI is InChI=1S/C13H27N3O4S2.ClH/c1-20-9-3-11-22(18,19)16-7-5-15(6-8-16)13(17)12(14)4-10-21-2;/h12H,3-11,14H2,1-2H3;1H. The molecule has 7 nitrogen and oxygen atoms in total. The highest BCUT2D eigenvalue weighted by molar-refractivity contribution is 7.98. The number of hydrogen-bond acceptors (Lipinski definition) is 6. The Bertz CT molecular complexity index is 443. The highest BCUT2D eigenvalue weighted by Gasteiger charge is 2.30. The Balaban J connectivity index is 0.00000484. The molecule has 23 heavy (non-hydrogen) atoms. The number of amides is 1. The first-order chi connectivity index (χ1) is 10.4. The highest BCUT2D eigenvalue weighted by atomic mass is 35.5. The van der Waals surface area contributed by atoms with Gasteiger partial charge in [0.1, 0.15) is 0 Å². The minimum absolute atomic E-state index is 0. The van der Waals surface area contributed by atoms with Gasteiger partial charge in [-0.2, -0.15) is 16.1 Å². The quantitative estimate of drug-likeness (QED) is 0.558. The normalized spacial score (nSPS) is 17.6. The molecule has 1 amide bonds. The average Bonchev–Trinajstić information content (AvgIpc) is 2.52. The van der Waals surface area contributed by atoms with Crippen LogP contribution in [0, 0.1) is 0 Å². The summed E-state index contributed by atoms with van der Waals surface area (Å²) in [5.74, 6) is 0.855. The molecule has 2 N–H and O–H groups in total. The van der Waals surface area contributed by atoms with E-state index < -0.39 is 16.1 Å². The van der Waals surface area contributed by atoms with Crippen LogP contribution in [-0.2, 0) is 19.6 Å². The predicted molar refractivity (Wildman–Crippen MR) is 96.7 cm³/mol. The lowest BCUT2D eigenvalue weighted by Crippen LogP contribution is -2.54. The third-order valence-electron chi connectivity index (χ3n) is 3.64. The Morgan fingerprint density at radius 2 is 1.91 bits per heavy atom. The number of carbonyl (C=O) groups excluding carboxylic acids is 1. The van der Waals surface area contributed by atoms with Gasteiger partial charge in [0, 0.05) is 39.9 Å². The van der Waals surface area contributed by atoms with E-state index in [1.54, 1.807) is 23.8 Å². The third-order valence-corrected chi connectivity index (χ3v) is 6.25. The van der Waals surface area contributed by atoms with Gasteiger partial charge in [0.15, 0.2) is 0 Å². The number of nitrogens with zero attached hydrogens (tertiary/aromatic N) is 2. The van der Waals surface area contributed by atoms with Gasteiger partial charge >= 0.3 is 0 Å². The molecule has 0 aromatic rings. The number of halogens is 1. The molecule has 1 aliphatic heterocycles. The zero-order valence-corrected chi connectivity index (χ0v) is 16.2. The smallest absolute Gasteiger partial charge is 0.239 e. The topological polar surface area (TPSA) is 92.9 Å². The van der Waals surface area contributed by atoms with E-state index in [2.05, 4.69) is 0 Å². The first-order valence-corrected chi connectivity index (χ1v) is 10.4. The number of carbonyl (C=O) groups is 1. The number of piperazine rings is 1. The summed E-state index contributed by atoms with van der Waals surface area (Å²) in [6.07, 6.45) is 3.11. The van der Waals surface area contributed by atoms with Crippen molar-refractivity contribution >= 4 is 40.1 Å². The van der Waals surface area contributed by atoms with Crippen LogP contribution >= 0.6 is 24.2 Å². The number of methoxy groups -OCH3 is 1. The fourth-order valence-corrected chi connectivity index (χ4v) is 4.25. The van der Waals surface area contributed by atoms with E-state index in [0.717, 1.165) is 5.75 Å². The largest absolute Gasteiger partial charge is 0.385 e. The molecule has 0 spiro atoms. The Labute approximate surface area is 149 Å². The molecule has 138 valence electrons. The second-order valence-corrected chi connectivity index (χ2v) is 8.35. The molecule has 0 radical (unpaired) electrons. The highest BCUT2D eigenvalue weighted by Crippen LogP contribution is 2.11. The molecule has 1 heterocycles. The van der Waals surface area contributed by atoms with Gasteiger partial charge in [0.05, 0.1) is 11.8 Å². The fourth-order valence-electron chi connectivity index (χ4n) is 2.30. The summed E-state index contributed by atoms with van der Waals surface area (Å²) in [6.45, 7) is 1.94. The molecular weight excluding hydrogens is 362 g/mol. The van der Waals surface area contributed by atoms with Gasteiger partial charge in [0.25, 0.3) is 0 Å². The van der Waals surface area contributed by atoms with E-state index >= 15 is 0 Å². The van der Waals surface area contributed by atoms with E-state index in [9.17, 15) is 13.2 Å². The Morgan fingerprint density at radius 3 is 2.43 bits per heavy atom. The number of rotatable bonds is 9. The summed E-state index contributed by atoms with van der Waals surface area (Å²) in [5.41, 5.74) is 5.89. The average molecular weight is 390 g/mol. The number of thioether (sulfide) groups is 1. The van der Waals surface area contributed by atoms with Crippen LogP contribution in [-0.4, -0.2) is 87.2 Å². The van der Waals surface area contributed by atoms with Gasteiger partial charge in [-0.05, 0) is 24.9 Å². The van der Waals surface area contributed by atoms with Crippen LogP contribution < -0.4 is 5.73 Å². The summed E-state index contributed by atoms with van der Waals surface area (Å²) in [6, 6.07) is -0.489. The molecule has 0 saturated carbocycles. The van der Waals surface area contributed by atoms with Crippen LogP contribution in [0.15, 0.2) is 0 Å². The van der Waals surface area contributed by atoms with E-state index in [0.29, 0.717) is 45.6 Å². The van der Waals surface area contributed by atoms with Crippen molar-refractivity contribution in [2.45, 2.75) is 18.9 Å². The van der Waals surface area contributed by atoms with Crippen LogP contribution in [0.1, 0.15) is 12.8 Å². The van der Waals surface area contributed by atoms with Crippen molar-refractivity contribution in [2.75, 3.05) is 57.7 Å². The summed E-state index contributed by atoms with van der Waals surface area (Å²) in [4.78, 5) is 13.9. The Kier molecular flexibility index (Phi) is 11.5. The molecule has 10 heteroatoms. The second-order valence-electron chi connectivity index (χ2n) is 5.27. The zero-order valence-electron chi connectivity index (χ0n) is 13.8. The van der Waals surface area contributed by atoms with Crippen molar-refractivity contribution in [3.05, 3.63) is 0 Å². The van der Waals surface area contributed by atoms with Crippen molar-refractivity contribution in [2.24, 2.45) is 5.73 Å². The molecule has 1 saturated heterocycles. The van der Waals surface area contributed by atoms with Crippen LogP contribution in [0.3, 0.4) is 0 Å². The Morgan fingerprint density at radius 1 is 1.30 bits per heavy atom. The monoisotopic (exact) mass is 389 g/mol. The molecule has 1 atom stereocenters. The molecule has 1 unspecified atom stereocenters. The molecule has 1 aliphatic rings. The van der Waals surface area contributed by atoms with Crippen LogP contribution in [0.5, 0.6) is 0 Å². The lowest BCUT2D eigenvalue weighted by Gasteiger charge is -2.35. The van der Waals surface area contributed by atoms with E-state index in [1.165, 1.54) is 4.31 Å². The third kappa shape index (κ3) is 7.57. The minimum Gasteiger partial charge on any atom is -0.385 e. The van der Waals surface area contributed by atoms with E-state index in [1.807, 2.05) is 6.26 Å². The number of ether oxygens (including phenoxy) is 1. The van der Waals surface area contributed by atoms with Crippen molar-refractivity contribution in [3.63, 3.8) is 0 Å². The van der Waals surface area contributed by atoms with Gasteiger partial charge in [-0.3, -0.25) is 4.79 Å². The van der Waals surface area contributed by atoms with Gasteiger partial charge in [-0.15, -0.1) is 12.4 Å². The molecule has 0 aromatic heterocycles. The first kappa shape index (κ1) is 22.9. The maximum Gasteiger partial charge on any atom is 0.239 e. The predicted octanol–water partition coefficient (Wildman–Crippen LogP) is -0.000900. The maximum absolute atomic E-state index is 12.2. The number of sulfonamides is 1. The summed E-state index contributed by atoms with van der Waals surface area (Å²) in [7, 11) is -1.71. The SMILES string of the molecule is COCCCS(=O)(=O)N1CCN(C(=O)C(N)CCSC)CC1.Cl. The summed E-state index contributed by atoms with van der Waals surface area (Å²) < 4.78 is 30.6. The van der Waals surface area contributed by atoms with Crippen LogP contribution in [0.2, 0.25) is 0 Å². The summed E-state index contributed by atoms with van der Waals surface area (Å²) >= 11 is 1.66. The van der Waals surface area contributed by atoms with Gasteiger partial charge < -0.3 is 15.4 Å². The number of hydrogen-bond donors (Lipinski definition) is 1. The zero-order chi connectivity index (χ0) is 16.6. The van der Waals surface area contributed by atoms with Gasteiger partial charge in [0.2, 0.25) is 15.9 Å². The van der Waals surface area contributed by atoms with Gasteiger partial charge in [-0.25, -0.2) is 8.42 Å². The Hall–Kier alpha value is -0.0600. The van der Waals surface area contributed by atoms with Crippen LogP contribution in [0.25, 0.3) is 0 Å². The van der Waals surface area contributed by atoms with E-state index in [4.69, 9.17) is 10.5 Å². The molecular formula is C13H28ClN3O4S2. The summed E-state index contributed by atoms with van der Waals surface area (Å²) in [5, 5.41) is 0. The first-order valence-electron chi connectivity index (χ1n) is 7.42. The fraction of sp³-hybridized carbons (Fsp3) is 0.923.